The van der Waals surface area contributed by atoms with Crippen molar-refractivity contribution < 1.29 is 14.7 Å². The van der Waals surface area contributed by atoms with E-state index in [1.54, 1.807) is 41.1 Å². The van der Waals surface area contributed by atoms with E-state index in [0.717, 1.165) is 5.56 Å². The molecular formula is C15H16N2O3. The van der Waals surface area contributed by atoms with E-state index in [9.17, 15) is 9.59 Å². The van der Waals surface area contributed by atoms with Gasteiger partial charge in [0.2, 0.25) is 5.91 Å². The number of rotatable bonds is 1. The summed E-state index contributed by atoms with van der Waals surface area (Å²) in [4.78, 5) is 27.0. The standard InChI is InChI=1S/C15H16N2O3/c1-16-8-9-17(11-14(16)19)15(20)13-6-4-12(5-7-13)3-2-10-18/h4-7,18H,8-11H2,1H3. The van der Waals surface area contributed by atoms with Crippen LogP contribution in [0.25, 0.3) is 0 Å². The average molecular weight is 272 g/mol. The molecule has 1 aromatic rings. The van der Waals surface area contributed by atoms with Crippen molar-refractivity contribution in [3.8, 4) is 11.8 Å². The van der Waals surface area contributed by atoms with Crippen LogP contribution in [0, 0.1) is 11.8 Å². The molecule has 0 aromatic heterocycles. The molecule has 1 N–H and O–H groups in total. The van der Waals surface area contributed by atoms with Crippen LogP contribution < -0.4 is 0 Å². The number of likely N-dealkylation sites (N-methyl/N-ethyl adjacent to an activating group) is 1. The minimum absolute atomic E-state index is 0.0463. The number of benzene rings is 1. The van der Waals surface area contributed by atoms with E-state index in [2.05, 4.69) is 11.8 Å². The highest BCUT2D eigenvalue weighted by Crippen LogP contribution is 2.10. The summed E-state index contributed by atoms with van der Waals surface area (Å²) in [6.07, 6.45) is 0. The molecule has 1 aliphatic heterocycles. The number of hydrogen-bond acceptors (Lipinski definition) is 3. The predicted octanol–water partition coefficient (Wildman–Crippen LogP) is -0.0554. The van der Waals surface area contributed by atoms with Gasteiger partial charge in [0, 0.05) is 31.3 Å². The Labute approximate surface area is 117 Å². The number of carbonyl (C=O) groups excluding carboxylic acids is 2. The second-order valence-corrected chi connectivity index (χ2v) is 4.58. The van der Waals surface area contributed by atoms with Crippen LogP contribution in [0.3, 0.4) is 0 Å². The maximum absolute atomic E-state index is 12.3. The van der Waals surface area contributed by atoms with E-state index in [1.165, 1.54) is 0 Å². The maximum Gasteiger partial charge on any atom is 0.254 e. The minimum Gasteiger partial charge on any atom is -0.384 e. The van der Waals surface area contributed by atoms with Crippen molar-refractivity contribution >= 4 is 11.8 Å². The van der Waals surface area contributed by atoms with Gasteiger partial charge >= 0.3 is 0 Å². The molecule has 2 rings (SSSR count). The molecule has 5 heteroatoms. The summed E-state index contributed by atoms with van der Waals surface area (Å²) in [5, 5.41) is 8.62. The molecule has 0 saturated carbocycles. The molecule has 0 radical (unpaired) electrons. The maximum atomic E-state index is 12.3. The number of piperazine rings is 1. The van der Waals surface area contributed by atoms with Gasteiger partial charge in [-0.3, -0.25) is 9.59 Å². The minimum atomic E-state index is -0.190. The van der Waals surface area contributed by atoms with Gasteiger partial charge in [0.25, 0.3) is 5.91 Å². The quantitative estimate of drug-likeness (QED) is 0.729. The van der Waals surface area contributed by atoms with E-state index in [-0.39, 0.29) is 25.0 Å². The molecule has 0 bridgehead atoms. The Balaban J connectivity index is 2.08. The summed E-state index contributed by atoms with van der Waals surface area (Å²) < 4.78 is 0. The topological polar surface area (TPSA) is 60.9 Å². The van der Waals surface area contributed by atoms with Crippen LogP contribution >= 0.6 is 0 Å². The van der Waals surface area contributed by atoms with Crippen molar-refractivity contribution in [2.24, 2.45) is 0 Å². The van der Waals surface area contributed by atoms with Gasteiger partial charge in [-0.15, -0.1) is 0 Å². The Morgan fingerprint density at radius 3 is 2.60 bits per heavy atom. The summed E-state index contributed by atoms with van der Waals surface area (Å²) >= 11 is 0. The third-order valence-corrected chi connectivity index (χ3v) is 3.19. The van der Waals surface area contributed by atoms with Crippen LogP contribution in [-0.4, -0.2) is 60.0 Å². The summed E-state index contributed by atoms with van der Waals surface area (Å²) in [5.74, 6) is 5.12. The van der Waals surface area contributed by atoms with E-state index in [4.69, 9.17) is 5.11 Å². The third kappa shape index (κ3) is 3.16. The molecule has 0 spiro atoms. The van der Waals surface area contributed by atoms with Crippen molar-refractivity contribution in [2.75, 3.05) is 33.3 Å². The van der Waals surface area contributed by atoms with E-state index in [0.29, 0.717) is 18.7 Å². The first kappa shape index (κ1) is 14.1. The molecule has 0 unspecified atom stereocenters. The number of carbonyl (C=O) groups is 2. The van der Waals surface area contributed by atoms with Gasteiger partial charge in [0.15, 0.2) is 0 Å². The zero-order valence-electron chi connectivity index (χ0n) is 11.3. The van der Waals surface area contributed by atoms with Crippen molar-refractivity contribution in [1.29, 1.82) is 0 Å². The monoisotopic (exact) mass is 272 g/mol. The van der Waals surface area contributed by atoms with E-state index in [1.807, 2.05) is 0 Å². The van der Waals surface area contributed by atoms with Crippen molar-refractivity contribution in [3.63, 3.8) is 0 Å². The number of hydrogen-bond donors (Lipinski definition) is 1. The van der Waals surface area contributed by atoms with Crippen LogP contribution in [0.2, 0.25) is 0 Å². The molecule has 1 fully saturated rings. The Morgan fingerprint density at radius 2 is 2.00 bits per heavy atom. The third-order valence-electron chi connectivity index (χ3n) is 3.19. The first-order valence-corrected chi connectivity index (χ1v) is 6.35. The zero-order chi connectivity index (χ0) is 14.5. The second kappa shape index (κ2) is 6.22. The number of aliphatic hydroxyl groups is 1. The fourth-order valence-electron chi connectivity index (χ4n) is 1.95. The molecule has 1 heterocycles. The Morgan fingerprint density at radius 1 is 1.30 bits per heavy atom. The summed E-state index contributed by atoms with van der Waals surface area (Å²) in [7, 11) is 1.73. The number of aliphatic hydroxyl groups excluding tert-OH is 1. The fraction of sp³-hybridized carbons (Fsp3) is 0.333. The van der Waals surface area contributed by atoms with Gasteiger partial charge in [-0.1, -0.05) is 11.8 Å². The highest BCUT2D eigenvalue weighted by molar-refractivity contribution is 5.97. The first-order valence-electron chi connectivity index (χ1n) is 6.35. The summed E-state index contributed by atoms with van der Waals surface area (Å²) in [6.45, 7) is 1.04. The lowest BCUT2D eigenvalue weighted by atomic mass is 10.1. The Bertz CT molecular complexity index is 569. The summed E-state index contributed by atoms with van der Waals surface area (Å²) in [5.41, 5.74) is 1.28. The predicted molar refractivity (Wildman–Crippen MR) is 73.9 cm³/mol. The molecule has 5 nitrogen and oxygen atoms in total. The van der Waals surface area contributed by atoms with Gasteiger partial charge in [0.05, 0.1) is 0 Å². The zero-order valence-corrected chi connectivity index (χ0v) is 11.3. The fourth-order valence-corrected chi connectivity index (χ4v) is 1.95. The van der Waals surface area contributed by atoms with E-state index >= 15 is 0 Å². The smallest absolute Gasteiger partial charge is 0.254 e. The molecule has 0 aliphatic carbocycles. The lowest BCUT2D eigenvalue weighted by Crippen LogP contribution is -2.50. The Kier molecular flexibility index (Phi) is 4.38. The highest BCUT2D eigenvalue weighted by atomic mass is 16.2. The molecule has 1 aromatic carbocycles. The van der Waals surface area contributed by atoms with Gasteiger partial charge in [0.1, 0.15) is 13.2 Å². The van der Waals surface area contributed by atoms with Crippen LogP contribution in [-0.2, 0) is 4.79 Å². The van der Waals surface area contributed by atoms with Crippen molar-refractivity contribution in [1.82, 2.24) is 9.80 Å². The average Bonchev–Trinajstić information content (AvgIpc) is 2.48. The lowest BCUT2D eigenvalue weighted by molar-refractivity contribution is -0.133. The van der Waals surface area contributed by atoms with Crippen LogP contribution in [0.15, 0.2) is 24.3 Å². The molecule has 1 aliphatic rings. The summed E-state index contributed by atoms with van der Waals surface area (Å²) in [6, 6.07) is 6.83. The number of nitrogens with zero attached hydrogens (tertiary/aromatic N) is 2. The number of amides is 2. The molecular weight excluding hydrogens is 256 g/mol. The molecule has 2 amide bonds. The van der Waals surface area contributed by atoms with Gasteiger partial charge < -0.3 is 14.9 Å². The molecule has 104 valence electrons. The largest absolute Gasteiger partial charge is 0.384 e. The SMILES string of the molecule is CN1CCN(C(=O)c2ccc(C#CCO)cc2)CC1=O. The van der Waals surface area contributed by atoms with Gasteiger partial charge in [-0.2, -0.15) is 0 Å². The van der Waals surface area contributed by atoms with Crippen LogP contribution in [0.4, 0.5) is 0 Å². The van der Waals surface area contributed by atoms with Crippen molar-refractivity contribution in [3.05, 3.63) is 35.4 Å². The Hall–Kier alpha value is -2.32. The van der Waals surface area contributed by atoms with Gasteiger partial charge in [-0.25, -0.2) is 0 Å². The van der Waals surface area contributed by atoms with Gasteiger partial charge in [-0.05, 0) is 24.3 Å². The normalized spacial score (nSPS) is 14.8. The lowest BCUT2D eigenvalue weighted by Gasteiger charge is -2.32. The van der Waals surface area contributed by atoms with Crippen molar-refractivity contribution in [2.45, 2.75) is 0 Å². The van der Waals surface area contributed by atoms with Crippen LogP contribution in [0.5, 0.6) is 0 Å². The second-order valence-electron chi connectivity index (χ2n) is 4.58. The molecule has 0 atom stereocenters. The highest BCUT2D eigenvalue weighted by Gasteiger charge is 2.25. The molecule has 1 saturated heterocycles. The van der Waals surface area contributed by atoms with Crippen LogP contribution in [0.1, 0.15) is 15.9 Å². The van der Waals surface area contributed by atoms with E-state index < -0.39 is 0 Å². The molecule has 20 heavy (non-hydrogen) atoms. The first-order chi connectivity index (χ1) is 9.61.